The van der Waals surface area contributed by atoms with Crippen LogP contribution in [0.2, 0.25) is 0 Å². The molecule has 0 unspecified atom stereocenters. The molecular formula is C19H23N3O5S2. The summed E-state index contributed by atoms with van der Waals surface area (Å²) >= 11 is 0. The van der Waals surface area contributed by atoms with Crippen molar-refractivity contribution in [3.8, 4) is 0 Å². The zero-order chi connectivity index (χ0) is 21.6. The zero-order valence-electron chi connectivity index (χ0n) is 16.7. The van der Waals surface area contributed by atoms with Crippen LogP contribution in [0.15, 0.2) is 47.4 Å². The lowest BCUT2D eigenvalue weighted by atomic mass is 10.1. The lowest BCUT2D eigenvalue weighted by Crippen LogP contribution is -2.29. The minimum atomic E-state index is -3.55. The van der Waals surface area contributed by atoms with E-state index in [1.165, 1.54) is 33.3 Å². The van der Waals surface area contributed by atoms with Gasteiger partial charge >= 0.3 is 0 Å². The summed E-state index contributed by atoms with van der Waals surface area (Å²) in [5.41, 5.74) is 2.20. The summed E-state index contributed by atoms with van der Waals surface area (Å²) in [6, 6.07) is 11.2. The van der Waals surface area contributed by atoms with E-state index < -0.39 is 20.0 Å². The number of amides is 1. The average Bonchev–Trinajstić information content (AvgIpc) is 3.09. The van der Waals surface area contributed by atoms with Crippen LogP contribution in [0, 0.1) is 0 Å². The Morgan fingerprint density at radius 3 is 2.31 bits per heavy atom. The number of rotatable bonds is 5. The van der Waals surface area contributed by atoms with Gasteiger partial charge in [0.15, 0.2) is 0 Å². The predicted molar refractivity (Wildman–Crippen MR) is 112 cm³/mol. The molecule has 2 aromatic rings. The second-order valence-electron chi connectivity index (χ2n) is 7.07. The highest BCUT2D eigenvalue weighted by atomic mass is 32.2. The van der Waals surface area contributed by atoms with Gasteiger partial charge in [-0.05, 0) is 48.4 Å². The molecule has 1 aliphatic rings. The quantitative estimate of drug-likeness (QED) is 0.707. The summed E-state index contributed by atoms with van der Waals surface area (Å²) in [6.07, 6.45) is 1.64. The van der Waals surface area contributed by atoms with Crippen LogP contribution in [0.5, 0.6) is 0 Å². The molecule has 8 nitrogen and oxygen atoms in total. The molecule has 1 amide bonds. The highest BCUT2D eigenvalue weighted by Gasteiger charge is 2.28. The number of anilines is 2. The summed E-state index contributed by atoms with van der Waals surface area (Å²) in [5, 5.41) is 0. The van der Waals surface area contributed by atoms with E-state index in [-0.39, 0.29) is 10.8 Å². The normalized spacial score (nSPS) is 14.2. The molecular weight excluding hydrogens is 414 g/mol. The largest absolute Gasteiger partial charge is 0.308 e. The van der Waals surface area contributed by atoms with Crippen molar-refractivity contribution >= 4 is 37.3 Å². The zero-order valence-corrected chi connectivity index (χ0v) is 18.3. The summed E-state index contributed by atoms with van der Waals surface area (Å²) < 4.78 is 50.5. The molecule has 1 aliphatic heterocycles. The molecule has 10 heteroatoms. The van der Waals surface area contributed by atoms with Gasteiger partial charge in [0.25, 0.3) is 5.91 Å². The Bertz CT molecular complexity index is 1170. The topological polar surface area (TPSA) is 95.1 Å². The van der Waals surface area contributed by atoms with Crippen LogP contribution in [-0.2, 0) is 26.5 Å². The third-order valence-electron chi connectivity index (χ3n) is 4.92. The Hall–Kier alpha value is -2.43. The van der Waals surface area contributed by atoms with Gasteiger partial charge in [0.2, 0.25) is 20.0 Å². The minimum absolute atomic E-state index is 0.187. The molecule has 2 aromatic carbocycles. The Morgan fingerprint density at radius 1 is 1.00 bits per heavy atom. The smallest absolute Gasteiger partial charge is 0.258 e. The maximum Gasteiger partial charge on any atom is 0.258 e. The lowest BCUT2D eigenvalue weighted by molar-refractivity contribution is 0.0989. The highest BCUT2D eigenvalue weighted by Crippen LogP contribution is 2.32. The lowest BCUT2D eigenvalue weighted by Gasteiger charge is -2.20. The van der Waals surface area contributed by atoms with Gasteiger partial charge in [0.1, 0.15) is 0 Å². The van der Waals surface area contributed by atoms with E-state index in [0.29, 0.717) is 29.9 Å². The molecule has 0 spiro atoms. The van der Waals surface area contributed by atoms with Crippen LogP contribution < -0.4 is 9.21 Å². The number of nitrogens with zero attached hydrogens (tertiary/aromatic N) is 3. The van der Waals surface area contributed by atoms with Gasteiger partial charge in [-0.15, -0.1) is 0 Å². The van der Waals surface area contributed by atoms with Gasteiger partial charge in [0, 0.05) is 38.9 Å². The van der Waals surface area contributed by atoms with E-state index in [9.17, 15) is 21.6 Å². The molecule has 0 aliphatic carbocycles. The fourth-order valence-corrected chi connectivity index (χ4v) is 4.59. The van der Waals surface area contributed by atoms with Crippen molar-refractivity contribution in [2.45, 2.75) is 11.3 Å². The molecule has 0 saturated heterocycles. The van der Waals surface area contributed by atoms with Crippen LogP contribution >= 0.6 is 0 Å². The number of sulfonamides is 2. The summed E-state index contributed by atoms with van der Waals surface area (Å²) in [6.45, 7) is 0.422. The molecule has 0 N–H and O–H groups in total. The molecule has 0 radical (unpaired) electrons. The molecule has 156 valence electrons. The second-order valence-corrected chi connectivity index (χ2v) is 11.2. The van der Waals surface area contributed by atoms with Crippen molar-refractivity contribution in [3.63, 3.8) is 0 Å². The first-order valence-electron chi connectivity index (χ1n) is 8.84. The standard InChI is InChI=1S/C19H23N3O5S2/c1-20(2)29(26,27)17-8-9-18-14(13-17)10-11-22(18)19(23)15-6-5-7-16(12-15)21(3)28(4,24)25/h5-9,12-13H,10-11H2,1-4H3. The maximum absolute atomic E-state index is 13.1. The Labute approximate surface area is 171 Å². The second kappa shape index (κ2) is 7.43. The van der Waals surface area contributed by atoms with Crippen molar-refractivity contribution in [1.82, 2.24) is 4.31 Å². The minimum Gasteiger partial charge on any atom is -0.308 e. The van der Waals surface area contributed by atoms with Crippen LogP contribution in [0.3, 0.4) is 0 Å². The first kappa shape index (κ1) is 21.3. The Kier molecular flexibility index (Phi) is 5.46. The molecule has 1 heterocycles. The summed E-state index contributed by atoms with van der Waals surface area (Å²) in [4.78, 5) is 14.8. The monoisotopic (exact) mass is 437 g/mol. The third kappa shape index (κ3) is 4.00. The number of hydrogen-bond acceptors (Lipinski definition) is 5. The van der Waals surface area contributed by atoms with Crippen LogP contribution in [-0.4, -0.2) is 61.0 Å². The van der Waals surface area contributed by atoms with E-state index >= 15 is 0 Å². The van der Waals surface area contributed by atoms with Crippen LogP contribution in [0.1, 0.15) is 15.9 Å². The Morgan fingerprint density at radius 2 is 1.69 bits per heavy atom. The van der Waals surface area contributed by atoms with E-state index in [4.69, 9.17) is 0 Å². The number of fused-ring (bicyclic) bond motifs is 1. The van der Waals surface area contributed by atoms with Gasteiger partial charge in [-0.1, -0.05) is 6.07 Å². The van der Waals surface area contributed by atoms with Crippen molar-refractivity contribution in [2.24, 2.45) is 0 Å². The van der Waals surface area contributed by atoms with Gasteiger partial charge in [0.05, 0.1) is 16.8 Å². The van der Waals surface area contributed by atoms with Crippen LogP contribution in [0.4, 0.5) is 11.4 Å². The van der Waals surface area contributed by atoms with E-state index in [1.807, 2.05) is 0 Å². The molecule has 0 saturated carbocycles. The first-order chi connectivity index (χ1) is 13.4. The number of hydrogen-bond donors (Lipinski definition) is 0. The SMILES string of the molecule is CN(c1cccc(C(=O)N2CCc3cc(S(=O)(=O)N(C)C)ccc32)c1)S(C)(=O)=O. The fourth-order valence-electron chi connectivity index (χ4n) is 3.14. The number of carbonyl (C=O) groups excluding carboxylic acids is 1. The first-order valence-corrected chi connectivity index (χ1v) is 12.1. The molecule has 3 rings (SSSR count). The highest BCUT2D eigenvalue weighted by molar-refractivity contribution is 7.92. The molecule has 0 aromatic heterocycles. The Balaban J connectivity index is 1.93. The number of benzene rings is 2. The predicted octanol–water partition coefficient (Wildman–Crippen LogP) is 1.54. The van der Waals surface area contributed by atoms with Crippen molar-refractivity contribution in [3.05, 3.63) is 53.6 Å². The third-order valence-corrected chi connectivity index (χ3v) is 7.94. The molecule has 0 bridgehead atoms. The fraction of sp³-hybridized carbons (Fsp3) is 0.316. The van der Waals surface area contributed by atoms with Gasteiger partial charge in [-0.2, -0.15) is 0 Å². The van der Waals surface area contributed by atoms with Crippen molar-refractivity contribution in [1.29, 1.82) is 0 Å². The van der Waals surface area contributed by atoms with Crippen molar-refractivity contribution < 1.29 is 21.6 Å². The maximum atomic E-state index is 13.1. The molecule has 29 heavy (non-hydrogen) atoms. The van der Waals surface area contributed by atoms with Crippen molar-refractivity contribution in [2.75, 3.05) is 43.1 Å². The van der Waals surface area contributed by atoms with E-state index in [0.717, 1.165) is 20.4 Å². The van der Waals surface area contributed by atoms with Crippen LogP contribution in [0.25, 0.3) is 0 Å². The van der Waals surface area contributed by atoms with E-state index in [1.54, 1.807) is 35.2 Å². The van der Waals surface area contributed by atoms with E-state index in [2.05, 4.69) is 0 Å². The summed E-state index contributed by atoms with van der Waals surface area (Å²) in [5.74, 6) is -0.268. The molecule has 0 atom stereocenters. The number of carbonyl (C=O) groups is 1. The average molecular weight is 438 g/mol. The van der Waals surface area contributed by atoms with Gasteiger partial charge in [-0.3, -0.25) is 9.10 Å². The molecule has 0 fully saturated rings. The summed E-state index contributed by atoms with van der Waals surface area (Å²) in [7, 11) is -2.62. The van der Waals surface area contributed by atoms with Gasteiger partial charge < -0.3 is 4.90 Å². The van der Waals surface area contributed by atoms with Gasteiger partial charge in [-0.25, -0.2) is 21.1 Å².